The highest BCUT2D eigenvalue weighted by atomic mass is 16.5. The smallest absolute Gasteiger partial charge is 0.178 e. The molecule has 0 atom stereocenters. The van der Waals surface area contributed by atoms with Crippen LogP contribution >= 0.6 is 0 Å². The highest BCUT2D eigenvalue weighted by Crippen LogP contribution is 2.68. The monoisotopic (exact) mass is 918 g/mol. The van der Waals surface area contributed by atoms with Crippen LogP contribution in [0.3, 0.4) is 0 Å². The van der Waals surface area contributed by atoms with Gasteiger partial charge in [-0.2, -0.15) is 0 Å². The summed E-state index contributed by atoms with van der Waals surface area (Å²) in [4.78, 5) is 2.44. The Hall–Kier alpha value is -5.72. The van der Waals surface area contributed by atoms with Crippen molar-refractivity contribution in [3.63, 3.8) is 0 Å². The maximum absolute atomic E-state index is 8.05. The molecular formula is C63H67NO5. The summed E-state index contributed by atoms with van der Waals surface area (Å²) in [5.41, 5.74) is 11.3. The number of benzene rings is 6. The van der Waals surface area contributed by atoms with E-state index in [1.165, 1.54) is 70.1 Å². The number of nitrogens with zero attached hydrogens (tertiary/aromatic N) is 1. The summed E-state index contributed by atoms with van der Waals surface area (Å²) in [5, 5.41) is 2.34. The summed E-state index contributed by atoms with van der Waals surface area (Å²) in [6, 6.07) is 40.5. The van der Waals surface area contributed by atoms with Gasteiger partial charge in [-0.15, -0.1) is 0 Å². The summed E-state index contributed by atoms with van der Waals surface area (Å²) in [6.07, 6.45) is 15.7. The number of anilines is 1. The molecule has 6 aliphatic carbocycles. The van der Waals surface area contributed by atoms with Gasteiger partial charge in [0, 0.05) is 51.8 Å². The zero-order valence-corrected chi connectivity index (χ0v) is 41.5. The fraction of sp³-hybridized carbons (Fsp3) is 0.429. The topological polar surface area (TPSA) is 49.4 Å². The molecular weight excluding hydrogens is 851 g/mol. The van der Waals surface area contributed by atoms with E-state index < -0.39 is 5.60 Å². The molecule has 2 aliphatic heterocycles. The average molecular weight is 918 g/mol. The number of ether oxygens (including phenoxy) is 5. The van der Waals surface area contributed by atoms with Gasteiger partial charge in [-0.1, -0.05) is 94.4 Å². The minimum Gasteiger partial charge on any atom is -0.497 e. The van der Waals surface area contributed by atoms with Gasteiger partial charge in [-0.3, -0.25) is 0 Å². The van der Waals surface area contributed by atoms with Gasteiger partial charge < -0.3 is 28.6 Å². The first kappa shape index (κ1) is 43.3. The number of hydrogen-bond donors (Lipinski definition) is 0. The van der Waals surface area contributed by atoms with Gasteiger partial charge in [0.05, 0.1) is 27.4 Å². The lowest BCUT2D eigenvalue weighted by atomic mass is 9.52. The van der Waals surface area contributed by atoms with Crippen LogP contribution < -0.4 is 23.8 Å². The molecule has 8 aliphatic rings. The Bertz CT molecular complexity index is 2910. The van der Waals surface area contributed by atoms with Crippen LogP contribution in [0.4, 0.5) is 5.69 Å². The van der Waals surface area contributed by atoms with Crippen molar-refractivity contribution in [2.75, 3.05) is 45.4 Å². The Balaban J connectivity index is 1.10. The number of rotatable bonds is 8. The Kier molecular flexibility index (Phi) is 9.82. The first-order chi connectivity index (χ1) is 33.4. The van der Waals surface area contributed by atoms with Crippen molar-refractivity contribution in [1.29, 1.82) is 0 Å². The van der Waals surface area contributed by atoms with E-state index in [4.69, 9.17) is 23.7 Å². The number of morpholine rings is 1. The fourth-order valence-electron chi connectivity index (χ4n) is 16.2. The van der Waals surface area contributed by atoms with Crippen molar-refractivity contribution in [2.24, 2.45) is 28.6 Å². The summed E-state index contributed by atoms with van der Waals surface area (Å²) < 4.78 is 33.1. The zero-order chi connectivity index (χ0) is 46.9. The van der Waals surface area contributed by atoms with Crippen LogP contribution in [-0.4, -0.2) is 46.1 Å². The van der Waals surface area contributed by atoms with Gasteiger partial charge >= 0.3 is 0 Å². The summed E-state index contributed by atoms with van der Waals surface area (Å²) in [5.74, 6) is 5.85. The molecule has 0 radical (unpaired) electrons. The van der Waals surface area contributed by atoms with Crippen LogP contribution in [0.25, 0.3) is 39.1 Å². The molecule has 6 heteroatoms. The molecule has 354 valence electrons. The second-order valence-corrected chi connectivity index (χ2v) is 23.9. The Labute approximate surface area is 409 Å². The zero-order valence-electron chi connectivity index (χ0n) is 41.5. The summed E-state index contributed by atoms with van der Waals surface area (Å²) in [6.45, 7) is 13.3. The van der Waals surface area contributed by atoms with E-state index >= 15 is 0 Å². The van der Waals surface area contributed by atoms with Gasteiger partial charge in [-0.05, 0) is 174 Å². The molecule has 6 nitrogen and oxygen atoms in total. The van der Waals surface area contributed by atoms with E-state index in [1.54, 1.807) is 14.2 Å². The van der Waals surface area contributed by atoms with Gasteiger partial charge in [0.15, 0.2) is 5.60 Å². The predicted octanol–water partition coefficient (Wildman–Crippen LogP) is 14.6. The largest absolute Gasteiger partial charge is 0.497 e. The van der Waals surface area contributed by atoms with Crippen LogP contribution in [0.15, 0.2) is 115 Å². The van der Waals surface area contributed by atoms with Crippen molar-refractivity contribution in [3.05, 3.63) is 143 Å². The Morgan fingerprint density at radius 2 is 1.22 bits per heavy atom. The minimum absolute atomic E-state index is 0.109. The average Bonchev–Trinajstić information content (AvgIpc) is 3.60. The molecule has 1 spiro atoms. The highest BCUT2D eigenvalue weighted by molar-refractivity contribution is 6.10. The fourth-order valence-corrected chi connectivity index (χ4v) is 16.2. The van der Waals surface area contributed by atoms with Crippen molar-refractivity contribution < 1.29 is 23.7 Å². The third kappa shape index (κ3) is 6.96. The van der Waals surface area contributed by atoms with Crippen LogP contribution in [0.5, 0.6) is 23.0 Å². The second-order valence-electron chi connectivity index (χ2n) is 23.9. The third-order valence-electron chi connectivity index (χ3n) is 17.8. The maximum atomic E-state index is 8.05. The van der Waals surface area contributed by atoms with E-state index in [-0.39, 0.29) is 21.8 Å². The molecule has 4 bridgehead atoms. The van der Waals surface area contributed by atoms with E-state index in [0.717, 1.165) is 121 Å². The first-order valence-electron chi connectivity index (χ1n) is 25.9. The molecule has 2 heterocycles. The molecule has 1 saturated heterocycles. The van der Waals surface area contributed by atoms with Crippen molar-refractivity contribution in [1.82, 2.24) is 0 Å². The minimum atomic E-state index is -0.954. The van der Waals surface area contributed by atoms with E-state index in [2.05, 4.69) is 154 Å². The van der Waals surface area contributed by atoms with Crippen LogP contribution in [0.2, 0.25) is 0 Å². The highest BCUT2D eigenvalue weighted by Gasteiger charge is 2.56. The van der Waals surface area contributed by atoms with Gasteiger partial charge in [0.2, 0.25) is 0 Å². The van der Waals surface area contributed by atoms with Crippen molar-refractivity contribution in [2.45, 2.75) is 102 Å². The molecule has 6 aromatic rings. The van der Waals surface area contributed by atoms with Crippen molar-refractivity contribution in [3.8, 4) is 45.3 Å². The summed E-state index contributed by atoms with van der Waals surface area (Å²) >= 11 is 0. The van der Waals surface area contributed by atoms with Gasteiger partial charge in [0.1, 0.15) is 28.6 Å². The standard InChI is InChI=1S/C63H67NO5/c1-59(2)37-60(3,4)39-62(38-59)54-10-8-7-9-49(54)56-52-33-55(68-61-34-40-29-41(35-61)31-42(30-40)36-61)51(43-11-17-46(18-12-43)64-25-27-67-28-26-64)32-53(52)58-50(57(56)62)23-24-63(69-58,44-13-19-47(65-5)20-14-44)45-15-21-48(66-6)22-16-45/h7-24,32-33,40-42H,25-31,34-39H2,1-6H3. The molecule has 0 aromatic heterocycles. The molecule has 0 amide bonds. The lowest BCUT2D eigenvalue weighted by Crippen LogP contribution is -2.53. The number of fused-ring (bicyclic) bond motifs is 10. The number of methoxy groups -OCH3 is 2. The molecule has 6 aromatic carbocycles. The molecule has 0 N–H and O–H groups in total. The lowest BCUT2D eigenvalue weighted by Gasteiger charge is -2.56. The van der Waals surface area contributed by atoms with Crippen LogP contribution in [-0.2, 0) is 15.8 Å². The Morgan fingerprint density at radius 3 is 1.81 bits per heavy atom. The van der Waals surface area contributed by atoms with Crippen LogP contribution in [0, 0.1) is 28.6 Å². The van der Waals surface area contributed by atoms with E-state index in [0.29, 0.717) is 0 Å². The van der Waals surface area contributed by atoms with Crippen molar-refractivity contribution >= 4 is 22.5 Å². The van der Waals surface area contributed by atoms with E-state index in [1.807, 2.05) is 0 Å². The molecule has 6 fully saturated rings. The molecule has 5 saturated carbocycles. The number of hydrogen-bond acceptors (Lipinski definition) is 6. The van der Waals surface area contributed by atoms with E-state index in [9.17, 15) is 0 Å². The SMILES string of the molecule is COc1ccc(C2(c3ccc(OC)cc3)C=Cc3c4c(c5cc(OC67CC8CC(CC(C8)C6)C7)c(-c6ccc(N7CCOCC7)cc6)cc5c3O2)-c2ccccc2C42CC(C)(C)CC(C)(C)C2)cc1. The van der Waals surface area contributed by atoms with Gasteiger partial charge in [-0.25, -0.2) is 0 Å². The van der Waals surface area contributed by atoms with Crippen LogP contribution in [0.1, 0.15) is 113 Å². The summed E-state index contributed by atoms with van der Waals surface area (Å²) in [7, 11) is 3.45. The maximum Gasteiger partial charge on any atom is 0.178 e. The molecule has 0 unspecified atom stereocenters. The predicted molar refractivity (Wildman–Crippen MR) is 278 cm³/mol. The molecule has 14 rings (SSSR count). The quantitative estimate of drug-likeness (QED) is 0.152. The van der Waals surface area contributed by atoms with Gasteiger partial charge in [0.25, 0.3) is 0 Å². The third-order valence-corrected chi connectivity index (χ3v) is 17.8. The second kappa shape index (κ2) is 15.6. The molecule has 69 heavy (non-hydrogen) atoms. The normalized spacial score (nSPS) is 26.0. The Morgan fingerprint density at radius 1 is 0.623 bits per heavy atom. The lowest BCUT2D eigenvalue weighted by molar-refractivity contribution is -0.107. The first-order valence-corrected chi connectivity index (χ1v) is 25.9.